The molecule has 0 saturated carbocycles. The van der Waals surface area contributed by atoms with Crippen LogP contribution in [-0.4, -0.2) is 30.1 Å². The number of H-pyrrole nitrogens is 1. The van der Waals surface area contributed by atoms with E-state index >= 15 is 0 Å². The van der Waals surface area contributed by atoms with Crippen LogP contribution in [0, 0.1) is 0 Å². The van der Waals surface area contributed by atoms with Crippen LogP contribution in [0.2, 0.25) is 10.3 Å². The molecule has 0 radical (unpaired) electrons. The van der Waals surface area contributed by atoms with Crippen LogP contribution in [-0.2, 0) is 0 Å². The molecule has 140 valence electrons. The Labute approximate surface area is 175 Å². The lowest BCUT2D eigenvalue weighted by atomic mass is 9.91. The molecule has 5 aromatic rings. The van der Waals surface area contributed by atoms with E-state index < -0.39 is 0 Å². The Morgan fingerprint density at radius 2 is 1.38 bits per heavy atom. The van der Waals surface area contributed by atoms with Crippen molar-refractivity contribution in [3.8, 4) is 33.5 Å². The number of hydrogen-bond acceptors (Lipinski definition) is 5. The number of hydrogen-bond donors (Lipinski definition) is 1. The molecule has 0 aliphatic carbocycles. The van der Waals surface area contributed by atoms with Gasteiger partial charge in [-0.05, 0) is 42.0 Å². The molecule has 0 aliphatic heterocycles. The summed E-state index contributed by atoms with van der Waals surface area (Å²) in [5, 5.41) is 8.91. The quantitative estimate of drug-likeness (QED) is 0.394. The van der Waals surface area contributed by atoms with Gasteiger partial charge in [0.2, 0.25) is 0 Å². The highest BCUT2D eigenvalue weighted by Crippen LogP contribution is 2.42. The topological polar surface area (TPSA) is 80.2 Å². The smallest absolute Gasteiger partial charge is 0.156 e. The van der Waals surface area contributed by atoms with Gasteiger partial charge < -0.3 is 0 Å². The summed E-state index contributed by atoms with van der Waals surface area (Å²) in [5.74, 6) is 0. The third-order valence-electron chi connectivity index (χ3n) is 4.58. The second kappa shape index (κ2) is 7.24. The predicted molar refractivity (Wildman–Crippen MR) is 114 cm³/mol. The van der Waals surface area contributed by atoms with E-state index in [1.54, 1.807) is 43.1 Å². The molecule has 8 heteroatoms. The molecule has 0 bridgehead atoms. The molecule has 5 rings (SSSR count). The molecule has 0 fully saturated rings. The van der Waals surface area contributed by atoms with Crippen LogP contribution in [0.5, 0.6) is 0 Å². The zero-order valence-corrected chi connectivity index (χ0v) is 16.4. The minimum atomic E-state index is 0.420. The molecule has 5 heterocycles. The van der Waals surface area contributed by atoms with E-state index in [0.717, 1.165) is 38.9 Å². The molecule has 1 N–H and O–H groups in total. The Morgan fingerprint density at radius 1 is 0.690 bits per heavy atom. The SMILES string of the molecule is Clc1ccc(-c2nc3[nH]ncc3c(-c3ccc(Cl)nc3)c2-c2ccncc2)cn1. The Balaban J connectivity index is 1.92. The second-order valence-electron chi connectivity index (χ2n) is 6.32. The lowest BCUT2D eigenvalue weighted by molar-refractivity contribution is 1.10. The van der Waals surface area contributed by atoms with Gasteiger partial charge in [-0.15, -0.1) is 0 Å². The van der Waals surface area contributed by atoms with Crippen molar-refractivity contribution in [1.82, 2.24) is 30.1 Å². The van der Waals surface area contributed by atoms with Crippen LogP contribution in [0.25, 0.3) is 44.5 Å². The molecule has 0 atom stereocenters. The predicted octanol–water partition coefficient (Wildman–Crippen LogP) is 5.45. The van der Waals surface area contributed by atoms with Gasteiger partial charge in [0.1, 0.15) is 10.3 Å². The third-order valence-corrected chi connectivity index (χ3v) is 5.03. The van der Waals surface area contributed by atoms with Crippen molar-refractivity contribution in [2.24, 2.45) is 0 Å². The van der Waals surface area contributed by atoms with E-state index in [0.29, 0.717) is 16.0 Å². The van der Waals surface area contributed by atoms with Crippen LogP contribution in [0.15, 0.2) is 67.4 Å². The molecule has 0 saturated heterocycles. The van der Waals surface area contributed by atoms with Gasteiger partial charge >= 0.3 is 0 Å². The number of pyridine rings is 4. The first-order valence-electron chi connectivity index (χ1n) is 8.72. The summed E-state index contributed by atoms with van der Waals surface area (Å²) in [7, 11) is 0. The molecule has 0 unspecified atom stereocenters. The van der Waals surface area contributed by atoms with Gasteiger partial charge in [-0.2, -0.15) is 5.10 Å². The largest absolute Gasteiger partial charge is 0.265 e. The molecule has 0 amide bonds. The standard InChI is InChI=1S/C21H12Cl2N6/c22-16-3-1-13(9-25-16)18-15-11-27-29-21(15)28-20(14-2-4-17(23)26-10-14)19(18)12-5-7-24-8-6-12/h1-11H,(H,27,28,29). The van der Waals surface area contributed by atoms with Crippen LogP contribution in [0.4, 0.5) is 0 Å². The van der Waals surface area contributed by atoms with Gasteiger partial charge in [0.15, 0.2) is 5.65 Å². The molecular weight excluding hydrogens is 407 g/mol. The monoisotopic (exact) mass is 418 g/mol. The average Bonchev–Trinajstić information content (AvgIpc) is 3.23. The highest BCUT2D eigenvalue weighted by Gasteiger charge is 2.21. The van der Waals surface area contributed by atoms with Gasteiger partial charge in [-0.1, -0.05) is 23.2 Å². The Morgan fingerprint density at radius 3 is 2.03 bits per heavy atom. The Bertz CT molecular complexity index is 1300. The summed E-state index contributed by atoms with van der Waals surface area (Å²) in [6, 6.07) is 11.2. The van der Waals surface area contributed by atoms with Crippen molar-refractivity contribution < 1.29 is 0 Å². The molecule has 5 aromatic heterocycles. The fourth-order valence-electron chi connectivity index (χ4n) is 3.32. The zero-order chi connectivity index (χ0) is 19.8. The Kier molecular flexibility index (Phi) is 4.42. The number of nitrogens with zero attached hydrogens (tertiary/aromatic N) is 5. The Hall–Kier alpha value is -3.35. The van der Waals surface area contributed by atoms with E-state index in [1.807, 2.05) is 24.3 Å². The van der Waals surface area contributed by atoms with Gasteiger partial charge in [-0.25, -0.2) is 15.0 Å². The van der Waals surface area contributed by atoms with E-state index in [9.17, 15) is 0 Å². The van der Waals surface area contributed by atoms with Crippen LogP contribution < -0.4 is 0 Å². The zero-order valence-electron chi connectivity index (χ0n) is 14.8. The summed E-state index contributed by atoms with van der Waals surface area (Å²) < 4.78 is 0. The number of nitrogens with one attached hydrogen (secondary N) is 1. The number of fused-ring (bicyclic) bond motifs is 1. The van der Waals surface area contributed by atoms with Crippen LogP contribution in [0.3, 0.4) is 0 Å². The first-order valence-corrected chi connectivity index (χ1v) is 9.47. The number of aromatic amines is 1. The molecule has 0 aliphatic rings. The van der Waals surface area contributed by atoms with Crippen LogP contribution >= 0.6 is 23.2 Å². The maximum Gasteiger partial charge on any atom is 0.156 e. The molecule has 29 heavy (non-hydrogen) atoms. The molecule has 0 aromatic carbocycles. The number of rotatable bonds is 3. The van der Waals surface area contributed by atoms with Crippen molar-refractivity contribution in [3.63, 3.8) is 0 Å². The summed E-state index contributed by atoms with van der Waals surface area (Å²) in [6.07, 6.45) is 8.73. The van der Waals surface area contributed by atoms with Gasteiger partial charge in [-0.3, -0.25) is 10.1 Å². The summed E-state index contributed by atoms with van der Waals surface area (Å²) in [4.78, 5) is 17.5. The minimum absolute atomic E-state index is 0.420. The van der Waals surface area contributed by atoms with Crippen molar-refractivity contribution in [1.29, 1.82) is 0 Å². The van der Waals surface area contributed by atoms with Crippen molar-refractivity contribution in [2.75, 3.05) is 0 Å². The van der Waals surface area contributed by atoms with E-state index in [1.165, 1.54) is 0 Å². The van der Waals surface area contributed by atoms with E-state index in [4.69, 9.17) is 28.2 Å². The van der Waals surface area contributed by atoms with Gasteiger partial charge in [0, 0.05) is 52.4 Å². The molecule has 0 spiro atoms. The van der Waals surface area contributed by atoms with Crippen molar-refractivity contribution >= 4 is 34.2 Å². The highest BCUT2D eigenvalue weighted by molar-refractivity contribution is 6.29. The molecule has 6 nitrogen and oxygen atoms in total. The average molecular weight is 419 g/mol. The van der Waals surface area contributed by atoms with Crippen LogP contribution in [0.1, 0.15) is 0 Å². The summed E-state index contributed by atoms with van der Waals surface area (Å²) >= 11 is 12.0. The first-order chi connectivity index (χ1) is 14.2. The van der Waals surface area contributed by atoms with Gasteiger partial charge in [0.25, 0.3) is 0 Å². The summed E-state index contributed by atoms with van der Waals surface area (Å²) in [6.45, 7) is 0. The number of aromatic nitrogens is 6. The van der Waals surface area contributed by atoms with Crippen molar-refractivity contribution in [3.05, 3.63) is 77.7 Å². The number of halogens is 2. The fraction of sp³-hybridized carbons (Fsp3) is 0. The van der Waals surface area contributed by atoms with E-state index in [2.05, 4.69) is 25.1 Å². The maximum absolute atomic E-state index is 6.02. The van der Waals surface area contributed by atoms with E-state index in [-0.39, 0.29) is 0 Å². The summed E-state index contributed by atoms with van der Waals surface area (Å²) in [5.41, 5.74) is 5.99. The molecular formula is C21H12Cl2N6. The third kappa shape index (κ3) is 3.22. The lowest BCUT2D eigenvalue weighted by Crippen LogP contribution is -1.96. The van der Waals surface area contributed by atoms with Gasteiger partial charge in [0.05, 0.1) is 11.9 Å². The maximum atomic E-state index is 6.02. The fourth-order valence-corrected chi connectivity index (χ4v) is 3.54. The second-order valence-corrected chi connectivity index (χ2v) is 7.09. The highest BCUT2D eigenvalue weighted by atomic mass is 35.5. The minimum Gasteiger partial charge on any atom is -0.265 e. The lowest BCUT2D eigenvalue weighted by Gasteiger charge is -2.16. The van der Waals surface area contributed by atoms with Crippen molar-refractivity contribution in [2.45, 2.75) is 0 Å². The first kappa shape index (κ1) is 17.7. The normalized spacial score (nSPS) is 11.1.